The molecule has 108 valence electrons. The molecule has 0 aliphatic carbocycles. The minimum atomic E-state index is -0.167. The molecule has 0 spiro atoms. The maximum atomic E-state index is 12.2. The molecule has 5 nitrogen and oxygen atoms in total. The van der Waals surface area contributed by atoms with Gasteiger partial charge in [0.2, 0.25) is 5.43 Å². The minimum Gasteiger partial charge on any atom is -0.463 e. The van der Waals surface area contributed by atoms with Crippen LogP contribution in [0.3, 0.4) is 0 Å². The van der Waals surface area contributed by atoms with Crippen LogP contribution in [0.5, 0.6) is 0 Å². The second kappa shape index (κ2) is 6.13. The first-order chi connectivity index (χ1) is 10.8. The molecule has 0 amide bonds. The van der Waals surface area contributed by atoms with Crippen LogP contribution in [0.15, 0.2) is 69.3 Å². The van der Waals surface area contributed by atoms with Gasteiger partial charge in [-0.05, 0) is 24.3 Å². The van der Waals surface area contributed by atoms with Crippen molar-refractivity contribution in [2.75, 3.05) is 6.54 Å². The van der Waals surface area contributed by atoms with Crippen molar-refractivity contribution in [2.24, 2.45) is 4.99 Å². The van der Waals surface area contributed by atoms with Gasteiger partial charge in [-0.15, -0.1) is 0 Å². The van der Waals surface area contributed by atoms with Crippen molar-refractivity contribution < 1.29 is 9.21 Å². The van der Waals surface area contributed by atoms with E-state index in [1.54, 1.807) is 42.6 Å². The van der Waals surface area contributed by atoms with Gasteiger partial charge in [-0.2, -0.15) is 0 Å². The Labute approximate surface area is 126 Å². The van der Waals surface area contributed by atoms with E-state index in [-0.39, 0.29) is 17.8 Å². The number of hydrogen-bond donors (Lipinski definition) is 0. The Hall–Kier alpha value is -3.08. The van der Waals surface area contributed by atoms with Crippen molar-refractivity contribution in [3.05, 3.63) is 76.4 Å². The van der Waals surface area contributed by atoms with Crippen LogP contribution in [0.25, 0.3) is 11.0 Å². The number of para-hydroxylation sites is 1. The average Bonchev–Trinajstić information content (AvgIpc) is 2.58. The molecular formula is C17H12N2O3. The third kappa shape index (κ3) is 2.83. The van der Waals surface area contributed by atoms with Gasteiger partial charge in [0.25, 0.3) is 0 Å². The molecule has 0 atom stereocenters. The van der Waals surface area contributed by atoms with Crippen molar-refractivity contribution >= 4 is 23.0 Å². The molecule has 0 N–H and O–H groups in total. The van der Waals surface area contributed by atoms with Crippen molar-refractivity contribution in [2.45, 2.75) is 0 Å². The Bertz CT molecular complexity index is 898. The first-order valence-corrected chi connectivity index (χ1v) is 6.69. The molecule has 0 aliphatic heterocycles. The zero-order chi connectivity index (χ0) is 15.4. The molecule has 3 aromatic rings. The van der Waals surface area contributed by atoms with E-state index in [0.29, 0.717) is 22.1 Å². The highest BCUT2D eigenvalue weighted by atomic mass is 16.3. The highest BCUT2D eigenvalue weighted by molar-refractivity contribution is 5.98. The molecule has 0 bridgehead atoms. The Morgan fingerprint density at radius 2 is 2.09 bits per heavy atom. The van der Waals surface area contributed by atoms with E-state index in [1.807, 2.05) is 0 Å². The summed E-state index contributed by atoms with van der Waals surface area (Å²) in [5.41, 5.74) is 1.17. The summed E-state index contributed by atoms with van der Waals surface area (Å²) < 4.78 is 5.38. The van der Waals surface area contributed by atoms with E-state index < -0.39 is 0 Å². The Morgan fingerprint density at radius 1 is 1.23 bits per heavy atom. The van der Waals surface area contributed by atoms with E-state index in [0.717, 1.165) is 0 Å². The predicted molar refractivity (Wildman–Crippen MR) is 83.5 cm³/mol. The van der Waals surface area contributed by atoms with Crippen LogP contribution in [0.1, 0.15) is 15.9 Å². The normalized spacial score (nSPS) is 11.1. The van der Waals surface area contributed by atoms with Gasteiger partial charge in [0.1, 0.15) is 18.4 Å². The lowest BCUT2D eigenvalue weighted by atomic mass is 10.2. The monoisotopic (exact) mass is 292 g/mol. The van der Waals surface area contributed by atoms with Crippen molar-refractivity contribution in [1.82, 2.24) is 4.98 Å². The molecule has 2 heterocycles. The molecule has 0 saturated carbocycles. The number of pyridine rings is 1. The average molecular weight is 292 g/mol. The third-order valence-corrected chi connectivity index (χ3v) is 3.16. The summed E-state index contributed by atoms with van der Waals surface area (Å²) in [6.45, 7) is -0.0437. The largest absolute Gasteiger partial charge is 0.463 e. The van der Waals surface area contributed by atoms with Crippen LogP contribution >= 0.6 is 0 Å². The lowest BCUT2D eigenvalue weighted by molar-refractivity contribution is 0.100. The Balaban J connectivity index is 1.80. The van der Waals surface area contributed by atoms with E-state index >= 15 is 0 Å². The minimum absolute atomic E-state index is 0.0437. The second-order valence-electron chi connectivity index (χ2n) is 4.65. The fraction of sp³-hybridized carbons (Fsp3) is 0.0588. The number of ketones is 1. The number of nitrogens with zero attached hydrogens (tertiary/aromatic N) is 2. The number of benzene rings is 1. The van der Waals surface area contributed by atoms with Gasteiger partial charge < -0.3 is 4.42 Å². The maximum absolute atomic E-state index is 12.2. The quantitative estimate of drug-likeness (QED) is 0.547. The summed E-state index contributed by atoms with van der Waals surface area (Å²) >= 11 is 0. The smallest absolute Gasteiger partial charge is 0.201 e. The number of rotatable bonds is 4. The third-order valence-electron chi connectivity index (χ3n) is 3.16. The van der Waals surface area contributed by atoms with E-state index in [9.17, 15) is 9.59 Å². The molecule has 0 radical (unpaired) electrons. The molecule has 2 aromatic heterocycles. The highest BCUT2D eigenvalue weighted by Crippen LogP contribution is 2.09. The number of hydrogen-bond acceptors (Lipinski definition) is 5. The van der Waals surface area contributed by atoms with Crippen molar-refractivity contribution in [3.63, 3.8) is 0 Å². The van der Waals surface area contributed by atoms with Crippen LogP contribution in [-0.4, -0.2) is 23.5 Å². The van der Waals surface area contributed by atoms with Gasteiger partial charge in [-0.25, -0.2) is 0 Å². The highest BCUT2D eigenvalue weighted by Gasteiger charge is 2.06. The van der Waals surface area contributed by atoms with Gasteiger partial charge >= 0.3 is 0 Å². The maximum Gasteiger partial charge on any atom is 0.201 e. The molecule has 0 saturated heterocycles. The van der Waals surface area contributed by atoms with Crippen molar-refractivity contribution in [1.29, 1.82) is 0 Å². The number of aliphatic imine (C=N–C) groups is 1. The van der Waals surface area contributed by atoms with Crippen molar-refractivity contribution in [3.8, 4) is 0 Å². The second-order valence-corrected chi connectivity index (χ2v) is 4.65. The predicted octanol–water partition coefficient (Wildman–Crippen LogP) is 2.49. The zero-order valence-corrected chi connectivity index (χ0v) is 11.6. The summed E-state index contributed by atoms with van der Waals surface area (Å²) in [7, 11) is 0. The van der Waals surface area contributed by atoms with Gasteiger partial charge in [0, 0.05) is 24.2 Å². The zero-order valence-electron chi connectivity index (χ0n) is 11.6. The molecule has 1 aromatic carbocycles. The summed E-state index contributed by atoms with van der Waals surface area (Å²) in [6.07, 6.45) is 5.80. The summed E-state index contributed by atoms with van der Waals surface area (Å²) in [5, 5.41) is 0.491. The summed E-state index contributed by atoms with van der Waals surface area (Å²) in [6, 6.07) is 10.4. The van der Waals surface area contributed by atoms with Crippen LogP contribution in [0.2, 0.25) is 0 Å². The molecule has 0 unspecified atom stereocenters. The van der Waals surface area contributed by atoms with Gasteiger partial charge in [0.05, 0.1) is 10.9 Å². The topological polar surface area (TPSA) is 72.5 Å². The molecular weight excluding hydrogens is 280 g/mol. The number of Topliss-reactive ketones (excluding diaryl/α,β-unsaturated/α-hetero) is 1. The number of carbonyl (C=O) groups is 1. The molecule has 0 fully saturated rings. The first kappa shape index (κ1) is 13.9. The standard InChI is InChI=1S/C17H12N2O3/c20-15(12-4-3-7-18-8-12)10-19-9-13-11-22-16-6-2-1-5-14(16)17(13)21/h1-9,11H,10H2. The molecule has 0 aliphatic rings. The number of carbonyl (C=O) groups excluding carboxylic acids is 1. The van der Waals surface area contributed by atoms with E-state index in [4.69, 9.17) is 4.42 Å². The molecule has 5 heteroatoms. The van der Waals surface area contributed by atoms with E-state index in [2.05, 4.69) is 9.98 Å². The van der Waals surface area contributed by atoms with Crippen LogP contribution in [0.4, 0.5) is 0 Å². The lowest BCUT2D eigenvalue weighted by Crippen LogP contribution is -2.09. The van der Waals surface area contributed by atoms with Gasteiger partial charge in [-0.1, -0.05) is 12.1 Å². The van der Waals surface area contributed by atoms with Gasteiger partial charge in [-0.3, -0.25) is 19.6 Å². The molecule has 22 heavy (non-hydrogen) atoms. The summed E-state index contributed by atoms with van der Waals surface area (Å²) in [4.78, 5) is 32.0. The Morgan fingerprint density at radius 3 is 2.91 bits per heavy atom. The fourth-order valence-corrected chi connectivity index (χ4v) is 2.03. The van der Waals surface area contributed by atoms with Gasteiger partial charge in [0.15, 0.2) is 5.78 Å². The van der Waals surface area contributed by atoms with Crippen LogP contribution in [-0.2, 0) is 0 Å². The van der Waals surface area contributed by atoms with Crippen LogP contribution < -0.4 is 5.43 Å². The Kier molecular flexibility index (Phi) is 3.87. The lowest BCUT2D eigenvalue weighted by Gasteiger charge is -1.98. The summed E-state index contributed by atoms with van der Waals surface area (Å²) in [5.74, 6) is -0.158. The van der Waals surface area contributed by atoms with Crippen LogP contribution in [0, 0.1) is 0 Å². The number of fused-ring (bicyclic) bond motifs is 1. The van der Waals surface area contributed by atoms with E-state index in [1.165, 1.54) is 18.7 Å². The fourth-order valence-electron chi connectivity index (χ4n) is 2.03. The first-order valence-electron chi connectivity index (χ1n) is 6.69. The number of aromatic nitrogens is 1. The molecule has 3 rings (SSSR count). The SMILES string of the molecule is O=C(CN=Cc1coc2ccccc2c1=O)c1cccnc1.